The molecule has 11 rings (SSSR count). The fourth-order valence-corrected chi connectivity index (χ4v) is 8.07. The standard InChI is InChI=1S/C50H30N4/c1-2-10-33(11-3-1)43-28-23-35-20-21-36-24-29-45(54-49(36)48(35)52-43)39-27-26-38(50-40(39)14-8-30-51-50)32-16-18-34(19-17-32)47-42-25-22-31-9-4-5-12-37(31)46(42)41-13-6-7-15-44(41)53-47/h1-30H. The third kappa shape index (κ3) is 4.85. The molecule has 0 amide bonds. The van der Waals surface area contributed by atoms with Crippen molar-refractivity contribution >= 4 is 65.2 Å². The van der Waals surface area contributed by atoms with E-state index in [9.17, 15) is 0 Å². The van der Waals surface area contributed by atoms with Crippen molar-refractivity contribution in [2.24, 2.45) is 0 Å². The smallest absolute Gasteiger partial charge is 0.0972 e. The van der Waals surface area contributed by atoms with Gasteiger partial charge in [-0.3, -0.25) is 4.98 Å². The van der Waals surface area contributed by atoms with E-state index in [2.05, 4.69) is 152 Å². The van der Waals surface area contributed by atoms with E-state index in [0.29, 0.717) is 0 Å². The van der Waals surface area contributed by atoms with Gasteiger partial charge in [0.05, 0.1) is 39.1 Å². The van der Waals surface area contributed by atoms with Gasteiger partial charge in [-0.25, -0.2) is 15.0 Å². The lowest BCUT2D eigenvalue weighted by molar-refractivity contribution is 1.36. The zero-order valence-corrected chi connectivity index (χ0v) is 29.1. The number of aromatic nitrogens is 4. The van der Waals surface area contributed by atoms with Gasteiger partial charge in [0.1, 0.15) is 0 Å². The van der Waals surface area contributed by atoms with Gasteiger partial charge in [0.25, 0.3) is 0 Å². The molecule has 4 nitrogen and oxygen atoms in total. The van der Waals surface area contributed by atoms with E-state index in [1.807, 2.05) is 30.5 Å². The van der Waals surface area contributed by atoms with Crippen LogP contribution in [0.4, 0.5) is 0 Å². The van der Waals surface area contributed by atoms with Crippen LogP contribution in [0.15, 0.2) is 182 Å². The summed E-state index contributed by atoms with van der Waals surface area (Å²) in [5.74, 6) is 0. The first-order chi connectivity index (χ1) is 26.8. The molecule has 0 bridgehead atoms. The molecular formula is C50H30N4. The zero-order valence-electron chi connectivity index (χ0n) is 29.1. The van der Waals surface area contributed by atoms with Crippen molar-refractivity contribution in [1.82, 2.24) is 19.9 Å². The molecule has 4 heterocycles. The van der Waals surface area contributed by atoms with Crippen molar-refractivity contribution in [3.8, 4) is 44.9 Å². The molecule has 0 saturated carbocycles. The normalized spacial score (nSPS) is 11.7. The quantitative estimate of drug-likeness (QED) is 0.173. The summed E-state index contributed by atoms with van der Waals surface area (Å²) < 4.78 is 0. The van der Waals surface area contributed by atoms with Gasteiger partial charge in [0.2, 0.25) is 0 Å². The minimum absolute atomic E-state index is 0.891. The Morgan fingerprint density at radius 2 is 0.944 bits per heavy atom. The highest BCUT2D eigenvalue weighted by Crippen LogP contribution is 2.39. The monoisotopic (exact) mass is 686 g/mol. The van der Waals surface area contributed by atoms with Crippen molar-refractivity contribution in [1.29, 1.82) is 0 Å². The zero-order chi connectivity index (χ0) is 35.6. The molecule has 0 aliphatic carbocycles. The largest absolute Gasteiger partial charge is 0.256 e. The second-order valence-corrected chi connectivity index (χ2v) is 13.8. The lowest BCUT2D eigenvalue weighted by Gasteiger charge is -2.14. The van der Waals surface area contributed by atoms with Gasteiger partial charge in [0, 0.05) is 60.8 Å². The Bertz CT molecular complexity index is 3250. The lowest BCUT2D eigenvalue weighted by Crippen LogP contribution is -1.93. The van der Waals surface area contributed by atoms with Gasteiger partial charge >= 0.3 is 0 Å². The first-order valence-corrected chi connectivity index (χ1v) is 18.2. The number of fused-ring (bicyclic) bond motifs is 9. The molecule has 0 aliphatic rings. The Hall–Kier alpha value is -7.30. The molecular weight excluding hydrogens is 657 g/mol. The van der Waals surface area contributed by atoms with E-state index >= 15 is 0 Å². The van der Waals surface area contributed by atoms with E-state index in [-0.39, 0.29) is 0 Å². The Morgan fingerprint density at radius 1 is 0.315 bits per heavy atom. The van der Waals surface area contributed by atoms with Crippen molar-refractivity contribution in [3.63, 3.8) is 0 Å². The summed E-state index contributed by atoms with van der Waals surface area (Å²) in [6.07, 6.45) is 1.87. The molecule has 4 heteroatoms. The average molecular weight is 687 g/mol. The minimum Gasteiger partial charge on any atom is -0.256 e. The number of para-hydroxylation sites is 1. The highest BCUT2D eigenvalue weighted by molar-refractivity contribution is 6.22. The van der Waals surface area contributed by atoms with Crippen LogP contribution in [0.2, 0.25) is 0 Å². The van der Waals surface area contributed by atoms with Crippen molar-refractivity contribution < 1.29 is 0 Å². The second kappa shape index (κ2) is 12.1. The van der Waals surface area contributed by atoms with Crippen LogP contribution in [-0.2, 0) is 0 Å². The van der Waals surface area contributed by atoms with Crippen molar-refractivity contribution in [2.75, 3.05) is 0 Å². The molecule has 0 aliphatic heterocycles. The van der Waals surface area contributed by atoms with Gasteiger partial charge in [-0.05, 0) is 40.6 Å². The Labute approximate surface area is 311 Å². The molecule has 54 heavy (non-hydrogen) atoms. The fraction of sp³-hybridized carbons (Fsp3) is 0. The number of rotatable bonds is 4. The predicted octanol–water partition coefficient (Wildman–Crippen LogP) is 12.9. The molecule has 0 N–H and O–H groups in total. The van der Waals surface area contributed by atoms with Crippen LogP contribution in [-0.4, -0.2) is 19.9 Å². The molecule has 0 atom stereocenters. The molecule has 7 aromatic carbocycles. The van der Waals surface area contributed by atoms with Gasteiger partial charge in [-0.1, -0.05) is 152 Å². The van der Waals surface area contributed by atoms with Gasteiger partial charge in [-0.2, -0.15) is 0 Å². The Morgan fingerprint density at radius 3 is 1.78 bits per heavy atom. The van der Waals surface area contributed by atoms with Crippen LogP contribution in [0.3, 0.4) is 0 Å². The predicted molar refractivity (Wildman–Crippen MR) is 224 cm³/mol. The summed E-state index contributed by atoms with van der Waals surface area (Å²) in [4.78, 5) is 20.5. The third-order valence-corrected chi connectivity index (χ3v) is 10.7. The van der Waals surface area contributed by atoms with Crippen LogP contribution in [0.5, 0.6) is 0 Å². The molecule has 0 spiro atoms. The molecule has 0 fully saturated rings. The maximum absolute atomic E-state index is 5.27. The Balaban J connectivity index is 1.02. The third-order valence-electron chi connectivity index (χ3n) is 10.7. The second-order valence-electron chi connectivity index (χ2n) is 13.8. The number of nitrogens with zero attached hydrogens (tertiary/aromatic N) is 4. The number of hydrogen-bond acceptors (Lipinski definition) is 4. The van der Waals surface area contributed by atoms with Gasteiger partial charge in [-0.15, -0.1) is 0 Å². The molecule has 11 aromatic rings. The summed E-state index contributed by atoms with van der Waals surface area (Å²) in [6, 6.07) is 61.8. The van der Waals surface area contributed by atoms with Crippen LogP contribution < -0.4 is 0 Å². The van der Waals surface area contributed by atoms with Gasteiger partial charge in [0.15, 0.2) is 0 Å². The summed E-state index contributed by atoms with van der Waals surface area (Å²) in [6.45, 7) is 0. The van der Waals surface area contributed by atoms with Crippen LogP contribution in [0.25, 0.3) is 110 Å². The lowest BCUT2D eigenvalue weighted by atomic mass is 9.93. The average Bonchev–Trinajstić information content (AvgIpc) is 3.25. The van der Waals surface area contributed by atoms with Crippen LogP contribution >= 0.6 is 0 Å². The number of hydrogen-bond donors (Lipinski definition) is 0. The summed E-state index contributed by atoms with van der Waals surface area (Å²) in [5, 5.41) is 9.22. The summed E-state index contributed by atoms with van der Waals surface area (Å²) in [7, 11) is 0. The minimum atomic E-state index is 0.891. The van der Waals surface area contributed by atoms with Crippen molar-refractivity contribution in [2.45, 2.75) is 0 Å². The van der Waals surface area contributed by atoms with Crippen LogP contribution in [0, 0.1) is 0 Å². The van der Waals surface area contributed by atoms with E-state index < -0.39 is 0 Å². The molecule has 4 aromatic heterocycles. The molecule has 250 valence electrons. The fourth-order valence-electron chi connectivity index (χ4n) is 8.07. The number of benzene rings is 7. The first kappa shape index (κ1) is 30.3. The SMILES string of the molecule is c1ccc(-c2ccc3ccc4ccc(-c5ccc(-c6ccc(-c7nc8ccccc8c8c7ccc7ccccc78)cc6)c6ncccc56)nc4c3n2)cc1. The first-order valence-electron chi connectivity index (χ1n) is 18.2. The van der Waals surface area contributed by atoms with Gasteiger partial charge < -0.3 is 0 Å². The van der Waals surface area contributed by atoms with E-state index in [4.69, 9.17) is 19.9 Å². The molecule has 0 saturated heterocycles. The molecule has 0 radical (unpaired) electrons. The Kier molecular flexibility index (Phi) is 6.82. The maximum Gasteiger partial charge on any atom is 0.0972 e. The summed E-state index contributed by atoms with van der Waals surface area (Å²) >= 11 is 0. The topological polar surface area (TPSA) is 51.6 Å². The van der Waals surface area contributed by atoms with Crippen LogP contribution in [0.1, 0.15) is 0 Å². The summed E-state index contributed by atoms with van der Waals surface area (Å²) in [5.41, 5.74) is 11.9. The van der Waals surface area contributed by atoms with E-state index in [1.54, 1.807) is 0 Å². The maximum atomic E-state index is 5.27. The van der Waals surface area contributed by atoms with E-state index in [0.717, 1.165) is 88.5 Å². The van der Waals surface area contributed by atoms with Crippen molar-refractivity contribution in [3.05, 3.63) is 182 Å². The molecule has 0 unspecified atom stereocenters. The highest BCUT2D eigenvalue weighted by Gasteiger charge is 2.16. The highest BCUT2D eigenvalue weighted by atomic mass is 14.8. The number of pyridine rings is 4. The van der Waals surface area contributed by atoms with E-state index in [1.165, 1.54) is 21.5 Å².